The van der Waals surface area contributed by atoms with Crippen molar-refractivity contribution in [3.05, 3.63) is 29.1 Å². The van der Waals surface area contributed by atoms with E-state index >= 15 is 0 Å². The number of halogens is 3. The van der Waals surface area contributed by atoms with E-state index in [9.17, 15) is 13.6 Å². The molecule has 1 aromatic heterocycles. The minimum atomic E-state index is -2.66. The number of carbonyl (C=O) groups is 1. The van der Waals surface area contributed by atoms with Crippen LogP contribution in [0.1, 0.15) is 23.2 Å². The highest BCUT2D eigenvalue weighted by atomic mass is 35.5. The fourth-order valence-corrected chi connectivity index (χ4v) is 1.35. The first-order valence-electron chi connectivity index (χ1n) is 4.08. The van der Waals surface area contributed by atoms with Crippen LogP contribution >= 0.6 is 11.6 Å². The second kappa shape index (κ2) is 5.02. The van der Waals surface area contributed by atoms with Crippen molar-refractivity contribution in [2.24, 2.45) is 0 Å². The number of nitrogens with zero attached hydrogens (tertiary/aromatic N) is 1. The van der Waals surface area contributed by atoms with Gasteiger partial charge in [-0.05, 0) is 11.6 Å². The van der Waals surface area contributed by atoms with Gasteiger partial charge >= 0.3 is 5.97 Å². The molecule has 0 radical (unpaired) electrons. The molecular formula is C9H8ClF2NO2. The lowest BCUT2D eigenvalue weighted by atomic mass is 10.1. The predicted molar refractivity (Wildman–Crippen MR) is 50.1 cm³/mol. The number of carboxylic acids is 1. The lowest BCUT2D eigenvalue weighted by molar-refractivity contribution is -0.136. The monoisotopic (exact) mass is 235 g/mol. The molecule has 1 rings (SSSR count). The first-order chi connectivity index (χ1) is 7.04. The maximum absolute atomic E-state index is 12.3. The fourth-order valence-electron chi connectivity index (χ4n) is 1.11. The minimum Gasteiger partial charge on any atom is -0.481 e. The van der Waals surface area contributed by atoms with Crippen LogP contribution in [-0.4, -0.2) is 16.1 Å². The van der Waals surface area contributed by atoms with Gasteiger partial charge in [0, 0.05) is 11.8 Å². The smallest absolute Gasteiger partial charge is 0.307 e. The Kier molecular flexibility index (Phi) is 3.96. The molecule has 0 aliphatic rings. The summed E-state index contributed by atoms with van der Waals surface area (Å²) in [7, 11) is 0. The van der Waals surface area contributed by atoms with Gasteiger partial charge in [0.2, 0.25) is 0 Å². The third-order valence-corrected chi connectivity index (χ3v) is 2.05. The first-order valence-corrected chi connectivity index (χ1v) is 4.61. The Balaban J connectivity index is 3.07. The zero-order chi connectivity index (χ0) is 11.4. The molecule has 0 bridgehead atoms. The van der Waals surface area contributed by atoms with E-state index in [-0.39, 0.29) is 23.4 Å². The molecule has 0 spiro atoms. The van der Waals surface area contributed by atoms with Crippen LogP contribution in [0.2, 0.25) is 0 Å². The summed E-state index contributed by atoms with van der Waals surface area (Å²) >= 11 is 5.50. The molecular weight excluding hydrogens is 228 g/mol. The third kappa shape index (κ3) is 3.13. The van der Waals surface area contributed by atoms with Crippen molar-refractivity contribution in [2.45, 2.75) is 18.7 Å². The van der Waals surface area contributed by atoms with Crippen molar-refractivity contribution in [1.82, 2.24) is 4.98 Å². The van der Waals surface area contributed by atoms with E-state index in [0.29, 0.717) is 5.69 Å². The number of hydrogen-bond acceptors (Lipinski definition) is 2. The molecule has 0 saturated heterocycles. The molecule has 0 unspecified atom stereocenters. The van der Waals surface area contributed by atoms with E-state index in [4.69, 9.17) is 16.7 Å². The van der Waals surface area contributed by atoms with Gasteiger partial charge in [0.15, 0.2) is 0 Å². The number of rotatable bonds is 4. The van der Waals surface area contributed by atoms with Crippen LogP contribution in [0.15, 0.2) is 12.3 Å². The quantitative estimate of drug-likeness (QED) is 0.816. The van der Waals surface area contributed by atoms with Crippen LogP contribution in [0.4, 0.5) is 8.78 Å². The normalized spacial score (nSPS) is 10.7. The lowest BCUT2D eigenvalue weighted by Gasteiger charge is -2.06. The molecule has 1 heterocycles. The standard InChI is InChI=1S/C9H8ClF2NO2/c10-3-7-5(2-8(14)15)1-6(4-13-7)9(11)12/h1,4,9H,2-3H2,(H,14,15). The Morgan fingerprint density at radius 3 is 2.73 bits per heavy atom. The van der Waals surface area contributed by atoms with E-state index in [1.807, 2.05) is 0 Å². The van der Waals surface area contributed by atoms with E-state index in [1.54, 1.807) is 0 Å². The van der Waals surface area contributed by atoms with Gasteiger partial charge in [-0.2, -0.15) is 0 Å². The molecule has 0 aromatic carbocycles. The fraction of sp³-hybridized carbons (Fsp3) is 0.333. The maximum Gasteiger partial charge on any atom is 0.307 e. The average Bonchev–Trinajstić information content (AvgIpc) is 2.16. The van der Waals surface area contributed by atoms with Crippen LogP contribution in [0.3, 0.4) is 0 Å². The zero-order valence-electron chi connectivity index (χ0n) is 7.58. The van der Waals surface area contributed by atoms with Crippen molar-refractivity contribution in [1.29, 1.82) is 0 Å². The van der Waals surface area contributed by atoms with Crippen molar-refractivity contribution < 1.29 is 18.7 Å². The third-order valence-electron chi connectivity index (χ3n) is 1.80. The van der Waals surface area contributed by atoms with Gasteiger partial charge in [-0.3, -0.25) is 9.78 Å². The number of aliphatic carboxylic acids is 1. The van der Waals surface area contributed by atoms with Crippen molar-refractivity contribution in [3.8, 4) is 0 Å². The Bertz CT molecular complexity index is 371. The second-order valence-corrected chi connectivity index (χ2v) is 3.15. The zero-order valence-corrected chi connectivity index (χ0v) is 8.34. The molecule has 0 aliphatic carbocycles. The van der Waals surface area contributed by atoms with Crippen LogP contribution in [0.5, 0.6) is 0 Å². The summed E-state index contributed by atoms with van der Waals surface area (Å²) in [6, 6.07) is 1.13. The Labute approximate surface area is 89.7 Å². The van der Waals surface area contributed by atoms with E-state index < -0.39 is 12.4 Å². The molecule has 0 fully saturated rings. The van der Waals surface area contributed by atoms with Crippen molar-refractivity contribution >= 4 is 17.6 Å². The lowest BCUT2D eigenvalue weighted by Crippen LogP contribution is -2.05. The number of carboxylic acid groups (broad SMARTS) is 1. The predicted octanol–water partition coefficient (Wildman–Crippen LogP) is 2.39. The highest BCUT2D eigenvalue weighted by Crippen LogP contribution is 2.21. The summed E-state index contributed by atoms with van der Waals surface area (Å²) < 4.78 is 24.6. The molecule has 0 aliphatic heterocycles. The summed E-state index contributed by atoms with van der Waals surface area (Å²) in [5.74, 6) is -1.10. The second-order valence-electron chi connectivity index (χ2n) is 2.88. The number of hydrogen-bond donors (Lipinski definition) is 1. The molecule has 1 aromatic rings. The summed E-state index contributed by atoms with van der Waals surface area (Å²) in [6.45, 7) is 0. The van der Waals surface area contributed by atoms with Gasteiger partial charge in [0.1, 0.15) is 0 Å². The van der Waals surface area contributed by atoms with E-state index in [1.165, 1.54) is 0 Å². The first kappa shape index (κ1) is 11.8. The van der Waals surface area contributed by atoms with Gasteiger partial charge < -0.3 is 5.11 Å². The van der Waals surface area contributed by atoms with Gasteiger partial charge in [-0.15, -0.1) is 11.6 Å². The summed E-state index contributed by atoms with van der Waals surface area (Å²) in [6.07, 6.45) is -2.00. The topological polar surface area (TPSA) is 50.2 Å². The minimum absolute atomic E-state index is 0.00608. The molecule has 82 valence electrons. The van der Waals surface area contributed by atoms with Crippen molar-refractivity contribution in [2.75, 3.05) is 0 Å². The van der Waals surface area contributed by atoms with Crippen LogP contribution in [-0.2, 0) is 17.1 Å². The Hall–Kier alpha value is -1.23. The summed E-state index contributed by atoms with van der Waals surface area (Å²) in [4.78, 5) is 14.2. The van der Waals surface area contributed by atoms with Crippen LogP contribution < -0.4 is 0 Å². The van der Waals surface area contributed by atoms with Gasteiger partial charge in [0.25, 0.3) is 6.43 Å². The largest absolute Gasteiger partial charge is 0.481 e. The van der Waals surface area contributed by atoms with Crippen LogP contribution in [0.25, 0.3) is 0 Å². The molecule has 3 nitrogen and oxygen atoms in total. The highest BCUT2D eigenvalue weighted by Gasteiger charge is 2.13. The number of pyridine rings is 1. The van der Waals surface area contributed by atoms with E-state index in [0.717, 1.165) is 12.3 Å². The molecule has 0 amide bonds. The molecule has 0 atom stereocenters. The Morgan fingerprint density at radius 1 is 1.60 bits per heavy atom. The summed E-state index contributed by atoms with van der Waals surface area (Å²) in [5.41, 5.74) is 0.263. The van der Waals surface area contributed by atoms with Gasteiger partial charge in [0.05, 0.1) is 18.0 Å². The average molecular weight is 236 g/mol. The SMILES string of the molecule is O=C(O)Cc1cc(C(F)F)cnc1CCl. The molecule has 1 N–H and O–H groups in total. The van der Waals surface area contributed by atoms with Gasteiger partial charge in [-0.1, -0.05) is 0 Å². The summed E-state index contributed by atoms with van der Waals surface area (Å²) in [5, 5.41) is 8.56. The highest BCUT2D eigenvalue weighted by molar-refractivity contribution is 6.17. The van der Waals surface area contributed by atoms with E-state index in [2.05, 4.69) is 4.98 Å². The number of aromatic nitrogens is 1. The van der Waals surface area contributed by atoms with Crippen LogP contribution in [0, 0.1) is 0 Å². The van der Waals surface area contributed by atoms with Crippen molar-refractivity contribution in [3.63, 3.8) is 0 Å². The molecule has 15 heavy (non-hydrogen) atoms. The molecule has 0 saturated carbocycles. The molecule has 6 heteroatoms. The maximum atomic E-state index is 12.3. The Morgan fingerprint density at radius 2 is 2.27 bits per heavy atom. The number of alkyl halides is 3. The van der Waals surface area contributed by atoms with Gasteiger partial charge in [-0.25, -0.2) is 8.78 Å².